The number of aliphatic imine (C=N–C) groups is 1. The fourth-order valence-corrected chi connectivity index (χ4v) is 4.60. The van der Waals surface area contributed by atoms with Gasteiger partial charge >= 0.3 is 0 Å². The molecule has 29 heavy (non-hydrogen) atoms. The second kappa shape index (κ2) is 10.9. The predicted molar refractivity (Wildman–Crippen MR) is 123 cm³/mol. The molecule has 1 aliphatic heterocycles. The van der Waals surface area contributed by atoms with Crippen LogP contribution in [0.3, 0.4) is 0 Å². The van der Waals surface area contributed by atoms with Crippen molar-refractivity contribution in [3.05, 3.63) is 65.5 Å². The summed E-state index contributed by atoms with van der Waals surface area (Å²) in [6.45, 7) is 1.98. The van der Waals surface area contributed by atoms with Gasteiger partial charge in [0.25, 0.3) is 0 Å². The molecule has 2 aromatic carbocycles. The summed E-state index contributed by atoms with van der Waals surface area (Å²) in [5.41, 5.74) is 1.48. The molecule has 0 spiro atoms. The van der Waals surface area contributed by atoms with Gasteiger partial charge in [-0.25, -0.2) is 12.8 Å². The summed E-state index contributed by atoms with van der Waals surface area (Å²) in [5.74, 6) is 0.275. The molecule has 3 rings (SSSR count). The van der Waals surface area contributed by atoms with Crippen LogP contribution in [0, 0.1) is 5.82 Å². The Morgan fingerprint density at radius 3 is 2.28 bits per heavy atom. The third-order valence-electron chi connectivity index (χ3n) is 4.71. The molecule has 1 fully saturated rings. The fourth-order valence-electron chi connectivity index (χ4n) is 3.08. The lowest BCUT2D eigenvalue weighted by Gasteiger charge is -2.16. The van der Waals surface area contributed by atoms with Crippen molar-refractivity contribution in [3.63, 3.8) is 0 Å². The normalized spacial score (nSPS) is 15.0. The minimum Gasteiger partial charge on any atom is -0.352 e. The highest BCUT2D eigenvalue weighted by molar-refractivity contribution is 14.0. The number of sulfonamides is 1. The Labute approximate surface area is 188 Å². The summed E-state index contributed by atoms with van der Waals surface area (Å²) < 4.78 is 40.3. The van der Waals surface area contributed by atoms with Crippen LogP contribution in [-0.2, 0) is 23.1 Å². The summed E-state index contributed by atoms with van der Waals surface area (Å²) in [4.78, 5) is 4.45. The van der Waals surface area contributed by atoms with Crippen LogP contribution in [0.5, 0.6) is 0 Å². The molecule has 0 unspecified atom stereocenters. The maximum atomic E-state index is 13.7. The smallest absolute Gasteiger partial charge is 0.243 e. The zero-order valence-electron chi connectivity index (χ0n) is 16.3. The number of rotatable bonds is 6. The summed E-state index contributed by atoms with van der Waals surface area (Å²) in [6, 6.07) is 13.4. The molecule has 0 bridgehead atoms. The monoisotopic (exact) mass is 532 g/mol. The topological polar surface area (TPSA) is 73.8 Å². The van der Waals surface area contributed by atoms with E-state index in [4.69, 9.17) is 0 Å². The van der Waals surface area contributed by atoms with Crippen LogP contribution < -0.4 is 10.6 Å². The van der Waals surface area contributed by atoms with Crippen molar-refractivity contribution in [2.75, 3.05) is 20.1 Å². The first-order valence-electron chi connectivity index (χ1n) is 9.28. The Morgan fingerprint density at radius 1 is 1.03 bits per heavy atom. The van der Waals surface area contributed by atoms with E-state index in [0.717, 1.165) is 18.4 Å². The second-order valence-corrected chi connectivity index (χ2v) is 8.56. The zero-order valence-corrected chi connectivity index (χ0v) is 19.4. The quantitative estimate of drug-likeness (QED) is 0.341. The van der Waals surface area contributed by atoms with Crippen molar-refractivity contribution >= 4 is 40.0 Å². The van der Waals surface area contributed by atoms with Gasteiger partial charge in [-0.15, -0.1) is 24.0 Å². The molecular formula is C20H26FIN4O2S. The van der Waals surface area contributed by atoms with Crippen molar-refractivity contribution in [2.45, 2.75) is 30.8 Å². The SMILES string of the molecule is CN=C(NCc1ccc(S(=O)(=O)N2CCCC2)cc1)NCc1ccccc1F.I. The third-order valence-corrected chi connectivity index (χ3v) is 6.63. The zero-order chi connectivity index (χ0) is 20.0. The van der Waals surface area contributed by atoms with E-state index < -0.39 is 10.0 Å². The van der Waals surface area contributed by atoms with Crippen LogP contribution in [-0.4, -0.2) is 38.8 Å². The lowest BCUT2D eigenvalue weighted by Crippen LogP contribution is -2.36. The Morgan fingerprint density at radius 2 is 1.66 bits per heavy atom. The minimum absolute atomic E-state index is 0. The minimum atomic E-state index is -3.39. The van der Waals surface area contributed by atoms with E-state index in [1.165, 1.54) is 10.4 Å². The average molecular weight is 532 g/mol. The molecule has 2 N–H and O–H groups in total. The molecule has 6 nitrogen and oxygen atoms in total. The maximum Gasteiger partial charge on any atom is 0.243 e. The lowest BCUT2D eigenvalue weighted by molar-refractivity contribution is 0.477. The number of benzene rings is 2. The molecule has 1 aliphatic rings. The van der Waals surface area contributed by atoms with Gasteiger partial charge < -0.3 is 10.6 Å². The Hall–Kier alpha value is -1.72. The van der Waals surface area contributed by atoms with Gasteiger partial charge in [-0.05, 0) is 36.6 Å². The van der Waals surface area contributed by atoms with Crippen LogP contribution in [0.25, 0.3) is 0 Å². The molecule has 1 saturated heterocycles. The van der Waals surface area contributed by atoms with Crippen LogP contribution >= 0.6 is 24.0 Å². The number of hydrogen-bond acceptors (Lipinski definition) is 3. The highest BCUT2D eigenvalue weighted by Crippen LogP contribution is 2.21. The summed E-state index contributed by atoms with van der Waals surface area (Å²) in [7, 11) is -1.75. The number of halogens is 2. The molecule has 2 aromatic rings. The summed E-state index contributed by atoms with van der Waals surface area (Å²) >= 11 is 0. The van der Waals surface area contributed by atoms with Crippen molar-refractivity contribution in [2.24, 2.45) is 4.99 Å². The highest BCUT2D eigenvalue weighted by Gasteiger charge is 2.26. The molecule has 0 amide bonds. The van der Waals surface area contributed by atoms with Gasteiger partial charge in [0.05, 0.1) is 4.90 Å². The van der Waals surface area contributed by atoms with E-state index in [1.807, 2.05) is 0 Å². The molecular weight excluding hydrogens is 506 g/mol. The van der Waals surface area contributed by atoms with Crippen LogP contribution in [0.15, 0.2) is 58.4 Å². The van der Waals surface area contributed by atoms with Gasteiger partial charge in [-0.3, -0.25) is 4.99 Å². The van der Waals surface area contributed by atoms with E-state index in [2.05, 4.69) is 15.6 Å². The molecule has 0 aromatic heterocycles. The van der Waals surface area contributed by atoms with Gasteiger partial charge in [0.15, 0.2) is 5.96 Å². The van der Waals surface area contributed by atoms with Crippen molar-refractivity contribution in [3.8, 4) is 0 Å². The summed E-state index contributed by atoms with van der Waals surface area (Å²) in [5, 5.41) is 6.21. The molecule has 0 aliphatic carbocycles. The third kappa shape index (κ3) is 6.13. The highest BCUT2D eigenvalue weighted by atomic mass is 127. The van der Waals surface area contributed by atoms with Gasteiger partial charge in [-0.1, -0.05) is 30.3 Å². The van der Waals surface area contributed by atoms with E-state index in [9.17, 15) is 12.8 Å². The largest absolute Gasteiger partial charge is 0.352 e. The first-order valence-corrected chi connectivity index (χ1v) is 10.7. The standard InChI is InChI=1S/C20H25FN4O2S.HI/c1-22-20(24-15-17-6-2-3-7-19(17)21)23-14-16-8-10-18(11-9-16)28(26,27)25-12-4-5-13-25;/h2-3,6-11H,4-5,12-15H2,1H3,(H2,22,23,24);1H. The maximum absolute atomic E-state index is 13.7. The van der Waals surface area contributed by atoms with Crippen LogP contribution in [0.1, 0.15) is 24.0 Å². The second-order valence-electron chi connectivity index (χ2n) is 6.63. The number of nitrogens with one attached hydrogen (secondary N) is 2. The predicted octanol–water partition coefficient (Wildman–Crippen LogP) is 3.09. The van der Waals surface area contributed by atoms with E-state index in [-0.39, 0.29) is 29.8 Å². The first-order chi connectivity index (χ1) is 13.5. The average Bonchev–Trinajstić information content (AvgIpc) is 3.25. The molecule has 158 valence electrons. The van der Waals surface area contributed by atoms with E-state index in [1.54, 1.807) is 49.5 Å². The summed E-state index contributed by atoms with van der Waals surface area (Å²) in [6.07, 6.45) is 1.83. The Kier molecular flexibility index (Phi) is 8.84. The van der Waals surface area contributed by atoms with Crippen molar-refractivity contribution in [1.82, 2.24) is 14.9 Å². The van der Waals surface area contributed by atoms with Crippen LogP contribution in [0.2, 0.25) is 0 Å². The van der Waals surface area contributed by atoms with Crippen molar-refractivity contribution < 1.29 is 12.8 Å². The van der Waals surface area contributed by atoms with Crippen molar-refractivity contribution in [1.29, 1.82) is 0 Å². The lowest BCUT2D eigenvalue weighted by atomic mass is 10.2. The molecule has 9 heteroatoms. The Bertz CT molecular complexity index is 930. The molecule has 0 radical (unpaired) electrons. The molecule has 1 heterocycles. The molecule has 0 atom stereocenters. The van der Waals surface area contributed by atoms with E-state index >= 15 is 0 Å². The van der Waals surface area contributed by atoms with Gasteiger partial charge in [0.1, 0.15) is 5.82 Å². The number of hydrogen-bond donors (Lipinski definition) is 2. The van der Waals surface area contributed by atoms with E-state index in [0.29, 0.717) is 42.6 Å². The number of nitrogens with zero attached hydrogens (tertiary/aromatic N) is 2. The molecule has 0 saturated carbocycles. The first kappa shape index (κ1) is 23.6. The number of guanidine groups is 1. The van der Waals surface area contributed by atoms with Crippen LogP contribution in [0.4, 0.5) is 4.39 Å². The van der Waals surface area contributed by atoms with Gasteiger partial charge in [-0.2, -0.15) is 4.31 Å². The Balaban J connectivity index is 0.00000300. The van der Waals surface area contributed by atoms with Gasteiger partial charge in [0, 0.05) is 38.8 Å². The van der Waals surface area contributed by atoms with Gasteiger partial charge in [0.2, 0.25) is 10.0 Å². The fraction of sp³-hybridized carbons (Fsp3) is 0.350.